The summed E-state index contributed by atoms with van der Waals surface area (Å²) in [4.78, 5) is 17.4. The predicted molar refractivity (Wildman–Crippen MR) is 126 cm³/mol. The van der Waals surface area contributed by atoms with E-state index in [9.17, 15) is 4.79 Å². The van der Waals surface area contributed by atoms with E-state index in [0.29, 0.717) is 28.7 Å². The lowest BCUT2D eigenvalue weighted by Gasteiger charge is -2.17. The molecule has 0 bridgehead atoms. The van der Waals surface area contributed by atoms with Crippen molar-refractivity contribution in [2.24, 2.45) is 0 Å². The van der Waals surface area contributed by atoms with Crippen LogP contribution in [0, 0.1) is 13.8 Å². The van der Waals surface area contributed by atoms with E-state index < -0.39 is 6.10 Å². The summed E-state index contributed by atoms with van der Waals surface area (Å²) >= 11 is 0. The maximum absolute atomic E-state index is 12.9. The smallest absolute Gasteiger partial charge is 0.265 e. The molecule has 0 fully saturated rings. The number of amides is 1. The number of carbonyl (C=O) groups excluding carboxylic acids is 1. The minimum Gasteiger partial charge on any atom is -0.497 e. The molecule has 0 spiro atoms. The summed E-state index contributed by atoms with van der Waals surface area (Å²) < 4.78 is 16.6. The number of ether oxygens (including phenoxy) is 2. The maximum atomic E-state index is 12.9. The van der Waals surface area contributed by atoms with Gasteiger partial charge in [0.15, 0.2) is 6.10 Å². The van der Waals surface area contributed by atoms with Crippen molar-refractivity contribution in [3.63, 3.8) is 0 Å². The minimum atomic E-state index is -0.698. The predicted octanol–water partition coefficient (Wildman–Crippen LogP) is 5.44. The molecular weight excluding hydrogens is 418 g/mol. The third-order valence-corrected chi connectivity index (χ3v) is 5.42. The first-order valence-corrected chi connectivity index (χ1v) is 10.6. The molecule has 0 unspecified atom stereocenters. The molecule has 0 radical (unpaired) electrons. The first kappa shape index (κ1) is 22.1. The normalized spacial score (nSPS) is 11.6. The molecule has 0 saturated heterocycles. The summed E-state index contributed by atoms with van der Waals surface area (Å²) in [5.41, 5.74) is 4.09. The number of para-hydroxylation sites is 1. The van der Waals surface area contributed by atoms with Crippen LogP contribution in [0.25, 0.3) is 22.8 Å². The fourth-order valence-electron chi connectivity index (χ4n) is 3.30. The van der Waals surface area contributed by atoms with Crippen LogP contribution in [-0.4, -0.2) is 29.3 Å². The number of benzene rings is 3. The van der Waals surface area contributed by atoms with Crippen molar-refractivity contribution in [3.05, 3.63) is 77.9 Å². The first-order chi connectivity index (χ1) is 16.0. The Balaban J connectivity index is 1.52. The van der Waals surface area contributed by atoms with Gasteiger partial charge in [0, 0.05) is 5.56 Å². The van der Waals surface area contributed by atoms with E-state index >= 15 is 0 Å². The van der Waals surface area contributed by atoms with Crippen LogP contribution in [0.3, 0.4) is 0 Å². The number of methoxy groups -OCH3 is 1. The van der Waals surface area contributed by atoms with Crippen LogP contribution in [0.1, 0.15) is 18.1 Å². The highest BCUT2D eigenvalue weighted by Gasteiger charge is 2.20. The standard InChI is InChI=1S/C26H25N3O4/c1-16-8-7-11-23(17(16)2)32-18(3)25(30)27-22-10-6-5-9-21(22)26-28-24(29-33-26)19-12-14-20(31-4)15-13-19/h5-15,18H,1-4H3,(H,27,30)/t18-/m1/s1. The van der Waals surface area contributed by atoms with Gasteiger partial charge in [-0.2, -0.15) is 4.98 Å². The molecule has 4 rings (SSSR count). The fourth-order valence-corrected chi connectivity index (χ4v) is 3.30. The van der Waals surface area contributed by atoms with E-state index in [1.54, 1.807) is 20.1 Å². The lowest BCUT2D eigenvalue weighted by molar-refractivity contribution is -0.122. The molecule has 1 atom stereocenters. The van der Waals surface area contributed by atoms with Gasteiger partial charge in [0.1, 0.15) is 11.5 Å². The van der Waals surface area contributed by atoms with Crippen molar-refractivity contribution in [3.8, 4) is 34.3 Å². The maximum Gasteiger partial charge on any atom is 0.265 e. The molecule has 3 aromatic carbocycles. The summed E-state index contributed by atoms with van der Waals surface area (Å²) in [7, 11) is 1.61. The van der Waals surface area contributed by atoms with Gasteiger partial charge in [-0.05, 0) is 74.4 Å². The van der Waals surface area contributed by atoms with Gasteiger partial charge in [0.2, 0.25) is 5.82 Å². The Kier molecular flexibility index (Phi) is 6.40. The number of hydrogen-bond acceptors (Lipinski definition) is 6. The van der Waals surface area contributed by atoms with Crippen LogP contribution in [0.2, 0.25) is 0 Å². The summed E-state index contributed by atoms with van der Waals surface area (Å²) in [5, 5.41) is 7.00. The molecule has 7 heteroatoms. The molecule has 0 saturated carbocycles. The van der Waals surface area contributed by atoms with Crippen molar-refractivity contribution in [1.82, 2.24) is 10.1 Å². The molecule has 0 aliphatic carbocycles. The average Bonchev–Trinajstić information content (AvgIpc) is 3.32. The van der Waals surface area contributed by atoms with Crippen LogP contribution in [0.15, 0.2) is 71.3 Å². The van der Waals surface area contributed by atoms with Gasteiger partial charge >= 0.3 is 0 Å². The van der Waals surface area contributed by atoms with Crippen molar-refractivity contribution in [2.75, 3.05) is 12.4 Å². The van der Waals surface area contributed by atoms with Crippen LogP contribution in [-0.2, 0) is 4.79 Å². The molecular formula is C26H25N3O4. The number of hydrogen-bond donors (Lipinski definition) is 1. The van der Waals surface area contributed by atoms with Crippen LogP contribution < -0.4 is 14.8 Å². The molecule has 1 aromatic heterocycles. The zero-order chi connectivity index (χ0) is 23.4. The highest BCUT2D eigenvalue weighted by molar-refractivity contribution is 5.97. The highest BCUT2D eigenvalue weighted by atomic mass is 16.5. The number of nitrogens with zero attached hydrogens (tertiary/aromatic N) is 2. The SMILES string of the molecule is COc1ccc(-c2noc(-c3ccccc3NC(=O)[C@@H](C)Oc3cccc(C)c3C)n2)cc1. The van der Waals surface area contributed by atoms with E-state index in [2.05, 4.69) is 15.5 Å². The van der Waals surface area contributed by atoms with Crippen molar-refractivity contribution < 1.29 is 18.8 Å². The van der Waals surface area contributed by atoms with Crippen LogP contribution in [0.4, 0.5) is 5.69 Å². The lowest BCUT2D eigenvalue weighted by atomic mass is 10.1. The van der Waals surface area contributed by atoms with E-state index in [1.165, 1.54) is 0 Å². The summed E-state index contributed by atoms with van der Waals surface area (Å²) in [6.45, 7) is 5.70. The molecule has 0 aliphatic rings. The fraction of sp³-hybridized carbons (Fsp3) is 0.192. The van der Waals surface area contributed by atoms with Gasteiger partial charge in [0.05, 0.1) is 18.4 Å². The molecule has 0 aliphatic heterocycles. The van der Waals surface area contributed by atoms with E-state index in [1.807, 2.05) is 74.5 Å². The lowest BCUT2D eigenvalue weighted by Crippen LogP contribution is -2.30. The quantitative estimate of drug-likeness (QED) is 0.410. The second kappa shape index (κ2) is 9.56. The molecule has 1 N–H and O–H groups in total. The van der Waals surface area contributed by atoms with Gasteiger partial charge in [-0.15, -0.1) is 0 Å². The number of aryl methyl sites for hydroxylation is 1. The van der Waals surface area contributed by atoms with Crippen molar-refractivity contribution in [2.45, 2.75) is 26.9 Å². The summed E-state index contributed by atoms with van der Waals surface area (Å²) in [5.74, 6) is 1.90. The molecule has 7 nitrogen and oxygen atoms in total. The van der Waals surface area contributed by atoms with E-state index in [-0.39, 0.29) is 5.91 Å². The van der Waals surface area contributed by atoms with Gasteiger partial charge in [0.25, 0.3) is 11.8 Å². The molecule has 1 heterocycles. The Morgan fingerprint density at radius 3 is 2.52 bits per heavy atom. The minimum absolute atomic E-state index is 0.279. The van der Waals surface area contributed by atoms with Crippen LogP contribution >= 0.6 is 0 Å². The first-order valence-electron chi connectivity index (χ1n) is 10.6. The van der Waals surface area contributed by atoms with E-state index in [0.717, 1.165) is 22.4 Å². The van der Waals surface area contributed by atoms with Gasteiger partial charge < -0.3 is 19.3 Å². The largest absolute Gasteiger partial charge is 0.497 e. The van der Waals surface area contributed by atoms with E-state index in [4.69, 9.17) is 14.0 Å². The zero-order valence-electron chi connectivity index (χ0n) is 19.0. The van der Waals surface area contributed by atoms with Crippen molar-refractivity contribution in [1.29, 1.82) is 0 Å². The number of nitrogens with one attached hydrogen (secondary N) is 1. The van der Waals surface area contributed by atoms with Gasteiger partial charge in [-0.25, -0.2) is 0 Å². The number of carbonyl (C=O) groups is 1. The second-order valence-electron chi connectivity index (χ2n) is 7.64. The highest BCUT2D eigenvalue weighted by Crippen LogP contribution is 2.29. The summed E-state index contributed by atoms with van der Waals surface area (Å²) in [6.07, 6.45) is -0.698. The van der Waals surface area contributed by atoms with Gasteiger partial charge in [-0.1, -0.05) is 29.4 Å². The number of aromatic nitrogens is 2. The van der Waals surface area contributed by atoms with Gasteiger partial charge in [-0.3, -0.25) is 4.79 Å². The molecule has 168 valence electrons. The average molecular weight is 444 g/mol. The molecule has 33 heavy (non-hydrogen) atoms. The Morgan fingerprint density at radius 2 is 1.76 bits per heavy atom. The number of anilines is 1. The molecule has 1 amide bonds. The summed E-state index contributed by atoms with van der Waals surface area (Å²) in [6, 6.07) is 20.4. The monoisotopic (exact) mass is 443 g/mol. The topological polar surface area (TPSA) is 86.5 Å². The van der Waals surface area contributed by atoms with Crippen molar-refractivity contribution >= 4 is 11.6 Å². The van der Waals surface area contributed by atoms with Crippen LogP contribution in [0.5, 0.6) is 11.5 Å². The Bertz CT molecular complexity index is 1260. The Morgan fingerprint density at radius 1 is 1.00 bits per heavy atom. The Hall–Kier alpha value is -4.13. The second-order valence-corrected chi connectivity index (χ2v) is 7.64. The molecule has 4 aromatic rings. The number of rotatable bonds is 7. The zero-order valence-corrected chi connectivity index (χ0v) is 19.0. The third kappa shape index (κ3) is 4.87. The Labute approximate surface area is 192 Å². The third-order valence-electron chi connectivity index (χ3n) is 5.42.